The van der Waals surface area contributed by atoms with E-state index in [2.05, 4.69) is 34.4 Å². The smallest absolute Gasteiger partial charge is 0.104 e. The van der Waals surface area contributed by atoms with Crippen LogP contribution in [0.15, 0.2) is 37.0 Å². The Morgan fingerprint density at radius 2 is 2.00 bits per heavy atom. The molecule has 1 rings (SSSR count). The second kappa shape index (κ2) is 7.81. The van der Waals surface area contributed by atoms with E-state index in [0.29, 0.717) is 11.5 Å². The minimum absolute atomic E-state index is 0.430. The van der Waals surface area contributed by atoms with Crippen molar-refractivity contribution in [2.75, 3.05) is 20.6 Å². The molecule has 0 aliphatic heterocycles. The van der Waals surface area contributed by atoms with Gasteiger partial charge in [-0.2, -0.15) is 0 Å². The number of hydrogen-bond donors (Lipinski definition) is 3. The maximum Gasteiger partial charge on any atom is 0.104 e. The summed E-state index contributed by atoms with van der Waals surface area (Å²) in [5.74, 6) is 6.14. The summed E-state index contributed by atoms with van der Waals surface area (Å²) in [5, 5.41) is 9.24. The Balaban J connectivity index is 2.98. The van der Waals surface area contributed by atoms with Gasteiger partial charge in [-0.05, 0) is 44.9 Å². The van der Waals surface area contributed by atoms with Crippen LogP contribution < -0.4 is 16.0 Å². The van der Waals surface area contributed by atoms with E-state index < -0.39 is 5.54 Å². The first-order valence-corrected chi connectivity index (χ1v) is 6.84. The van der Waals surface area contributed by atoms with Gasteiger partial charge in [-0.15, -0.1) is 0 Å². The molecule has 20 heavy (non-hydrogen) atoms. The van der Waals surface area contributed by atoms with Gasteiger partial charge in [0, 0.05) is 5.56 Å². The predicted octanol–water partition coefficient (Wildman–Crippen LogP) is 1.75. The van der Waals surface area contributed by atoms with E-state index >= 15 is 0 Å². The number of rotatable bonds is 5. The van der Waals surface area contributed by atoms with Crippen molar-refractivity contribution < 1.29 is 0 Å². The predicted molar refractivity (Wildman–Crippen MR) is 89.6 cm³/mol. The molecule has 3 nitrogen and oxygen atoms in total. The highest BCUT2D eigenvalue weighted by molar-refractivity contribution is 7.80. The topological polar surface area (TPSA) is 36.1 Å². The third-order valence-electron chi connectivity index (χ3n) is 3.15. The van der Waals surface area contributed by atoms with Crippen molar-refractivity contribution in [3.8, 4) is 11.8 Å². The first kappa shape index (κ1) is 16.4. The lowest BCUT2D eigenvalue weighted by Gasteiger charge is -2.30. The molecule has 0 aliphatic rings. The molecule has 0 saturated carbocycles. The summed E-state index contributed by atoms with van der Waals surface area (Å²) in [6, 6.07) is 8.09. The van der Waals surface area contributed by atoms with Gasteiger partial charge in [-0.25, -0.2) is 0 Å². The molecule has 0 spiro atoms. The third-order valence-corrected chi connectivity index (χ3v) is 3.67. The lowest BCUT2D eigenvalue weighted by molar-refractivity contribution is 0.538. The van der Waals surface area contributed by atoms with E-state index in [1.165, 1.54) is 0 Å². The van der Waals surface area contributed by atoms with Gasteiger partial charge in [0.1, 0.15) is 4.99 Å². The Kier molecular flexibility index (Phi) is 6.40. The molecule has 0 amide bonds. The second-order valence-corrected chi connectivity index (χ2v) is 4.87. The summed E-state index contributed by atoms with van der Waals surface area (Å²) in [7, 11) is 3.77. The average Bonchev–Trinajstić information content (AvgIpc) is 2.47. The van der Waals surface area contributed by atoms with Gasteiger partial charge in [0.2, 0.25) is 0 Å². The maximum atomic E-state index is 5.41. The van der Waals surface area contributed by atoms with Gasteiger partial charge in [0.25, 0.3) is 0 Å². The first-order chi connectivity index (χ1) is 9.58. The zero-order valence-electron chi connectivity index (χ0n) is 12.2. The van der Waals surface area contributed by atoms with Crippen molar-refractivity contribution in [1.82, 2.24) is 16.0 Å². The Morgan fingerprint density at radius 3 is 2.50 bits per heavy atom. The van der Waals surface area contributed by atoms with Crippen molar-refractivity contribution >= 4 is 17.2 Å². The number of benzene rings is 1. The minimum Gasteiger partial charge on any atom is -0.355 e. The van der Waals surface area contributed by atoms with Crippen molar-refractivity contribution in [3.05, 3.63) is 48.2 Å². The van der Waals surface area contributed by atoms with Crippen LogP contribution in [-0.4, -0.2) is 25.6 Å². The van der Waals surface area contributed by atoms with Crippen molar-refractivity contribution in [1.29, 1.82) is 0 Å². The Labute approximate surface area is 126 Å². The standard InChI is InChI=1S/C16H21N3S/c1-5-19-15(20)16(2,18-4)14-10-8-13(9-11-14)7-6-12-17-3/h5,8-11,17-18H,1,12H2,2-4H3,(H,19,20). The van der Waals surface area contributed by atoms with E-state index in [4.69, 9.17) is 12.2 Å². The summed E-state index contributed by atoms with van der Waals surface area (Å²) in [6.07, 6.45) is 1.59. The van der Waals surface area contributed by atoms with E-state index in [1.54, 1.807) is 6.20 Å². The van der Waals surface area contributed by atoms with Crippen LogP contribution in [0.25, 0.3) is 0 Å². The normalized spacial score (nSPS) is 12.8. The van der Waals surface area contributed by atoms with Crippen LogP contribution in [0.4, 0.5) is 0 Å². The highest BCUT2D eigenvalue weighted by Gasteiger charge is 2.29. The van der Waals surface area contributed by atoms with Gasteiger partial charge in [0.15, 0.2) is 0 Å². The van der Waals surface area contributed by atoms with Crippen LogP contribution in [0.3, 0.4) is 0 Å². The summed E-state index contributed by atoms with van der Waals surface area (Å²) >= 11 is 5.41. The van der Waals surface area contributed by atoms with Crippen LogP contribution in [0.5, 0.6) is 0 Å². The quantitative estimate of drug-likeness (QED) is 0.570. The van der Waals surface area contributed by atoms with E-state index in [0.717, 1.165) is 11.1 Å². The second-order valence-electron chi connectivity index (χ2n) is 4.46. The molecule has 1 aromatic carbocycles. The molecule has 4 heteroatoms. The van der Waals surface area contributed by atoms with E-state index in [-0.39, 0.29) is 0 Å². The first-order valence-electron chi connectivity index (χ1n) is 6.43. The minimum atomic E-state index is -0.430. The van der Waals surface area contributed by atoms with Gasteiger partial charge in [-0.3, -0.25) is 0 Å². The number of nitrogens with one attached hydrogen (secondary N) is 3. The molecule has 0 bridgehead atoms. The van der Waals surface area contributed by atoms with Crippen LogP contribution >= 0.6 is 12.2 Å². The number of thiocarbonyl (C=S) groups is 1. The fourth-order valence-corrected chi connectivity index (χ4v) is 2.05. The average molecular weight is 287 g/mol. The molecule has 0 saturated heterocycles. The van der Waals surface area contributed by atoms with E-state index in [9.17, 15) is 0 Å². The van der Waals surface area contributed by atoms with Crippen molar-refractivity contribution in [2.24, 2.45) is 0 Å². The monoisotopic (exact) mass is 287 g/mol. The van der Waals surface area contributed by atoms with Crippen LogP contribution in [0, 0.1) is 11.8 Å². The van der Waals surface area contributed by atoms with E-state index in [1.807, 2.05) is 45.3 Å². The van der Waals surface area contributed by atoms with Gasteiger partial charge in [0.05, 0.1) is 12.1 Å². The van der Waals surface area contributed by atoms with Crippen molar-refractivity contribution in [2.45, 2.75) is 12.5 Å². The zero-order valence-corrected chi connectivity index (χ0v) is 13.0. The van der Waals surface area contributed by atoms with Gasteiger partial charge < -0.3 is 16.0 Å². The number of hydrogen-bond acceptors (Lipinski definition) is 3. The van der Waals surface area contributed by atoms with Gasteiger partial charge >= 0.3 is 0 Å². The Bertz CT molecular complexity index is 525. The highest BCUT2D eigenvalue weighted by atomic mass is 32.1. The molecule has 0 aromatic heterocycles. The molecular formula is C16H21N3S. The molecule has 0 fully saturated rings. The third kappa shape index (κ3) is 3.91. The number of likely N-dealkylation sites (N-methyl/N-ethyl adjacent to an activating group) is 1. The fraction of sp³-hybridized carbons (Fsp3) is 0.312. The van der Waals surface area contributed by atoms with Crippen LogP contribution in [0.2, 0.25) is 0 Å². The highest BCUT2D eigenvalue weighted by Crippen LogP contribution is 2.22. The summed E-state index contributed by atoms with van der Waals surface area (Å²) in [5.41, 5.74) is 1.64. The largest absolute Gasteiger partial charge is 0.355 e. The van der Waals surface area contributed by atoms with Crippen molar-refractivity contribution in [3.63, 3.8) is 0 Å². The maximum absolute atomic E-state index is 5.41. The molecule has 0 heterocycles. The lowest BCUT2D eigenvalue weighted by atomic mass is 9.91. The molecular weight excluding hydrogens is 266 g/mol. The van der Waals surface area contributed by atoms with Gasteiger partial charge in [-0.1, -0.05) is 42.8 Å². The summed E-state index contributed by atoms with van der Waals surface area (Å²) in [4.78, 5) is 0.684. The molecule has 1 aromatic rings. The summed E-state index contributed by atoms with van der Waals surface area (Å²) < 4.78 is 0. The molecule has 1 unspecified atom stereocenters. The summed E-state index contributed by atoms with van der Waals surface area (Å²) in [6.45, 7) is 6.37. The van der Waals surface area contributed by atoms with Crippen LogP contribution in [-0.2, 0) is 5.54 Å². The molecule has 0 radical (unpaired) electrons. The zero-order chi connectivity index (χ0) is 15.0. The Morgan fingerprint density at radius 1 is 1.35 bits per heavy atom. The molecule has 3 N–H and O–H groups in total. The fourth-order valence-electron chi connectivity index (χ4n) is 1.75. The Hall–Kier alpha value is -1.67. The molecule has 106 valence electrons. The molecule has 0 aliphatic carbocycles. The lowest BCUT2D eigenvalue weighted by Crippen LogP contribution is -2.48. The molecule has 1 atom stereocenters. The van der Waals surface area contributed by atoms with Crippen LogP contribution in [0.1, 0.15) is 18.1 Å². The SMILES string of the molecule is C=CNC(=S)C(C)(NC)c1ccc(C#CCNC)cc1.